The highest BCUT2D eigenvalue weighted by atomic mass is 16.5. The summed E-state index contributed by atoms with van der Waals surface area (Å²) in [6.45, 7) is 8.36. The lowest BCUT2D eigenvalue weighted by molar-refractivity contribution is 0.140. The Hall–Kier alpha value is -1.69. The molecule has 5 nitrogen and oxygen atoms in total. The average molecular weight is 355 g/mol. The molecule has 0 aliphatic carbocycles. The number of nitrogens with zero attached hydrogens (tertiary/aromatic N) is 3. The molecular formula is C21H29N3O2. The van der Waals surface area contributed by atoms with Gasteiger partial charge in [0.2, 0.25) is 0 Å². The number of hydrogen-bond donors (Lipinski definition) is 1. The lowest BCUT2D eigenvalue weighted by atomic mass is 10.1. The average Bonchev–Trinajstić information content (AvgIpc) is 2.90. The molecular weight excluding hydrogens is 326 g/mol. The molecule has 1 aromatic heterocycles. The lowest BCUT2D eigenvalue weighted by Gasteiger charge is -2.33. The van der Waals surface area contributed by atoms with Gasteiger partial charge in [-0.3, -0.25) is 4.90 Å². The van der Waals surface area contributed by atoms with Gasteiger partial charge in [-0.1, -0.05) is 11.6 Å². The van der Waals surface area contributed by atoms with Crippen LogP contribution in [0.2, 0.25) is 0 Å². The zero-order valence-electron chi connectivity index (χ0n) is 15.7. The molecule has 26 heavy (non-hydrogen) atoms. The molecule has 1 atom stereocenters. The van der Waals surface area contributed by atoms with Crippen molar-refractivity contribution in [2.24, 2.45) is 0 Å². The maximum Gasteiger partial charge on any atom is 0.133 e. The van der Waals surface area contributed by atoms with Gasteiger partial charge in [0.25, 0.3) is 0 Å². The molecule has 1 N–H and O–H groups in total. The molecule has 0 amide bonds. The smallest absolute Gasteiger partial charge is 0.133 e. The van der Waals surface area contributed by atoms with Crippen LogP contribution in [-0.2, 0) is 11.3 Å². The first-order valence-electron chi connectivity index (χ1n) is 9.82. The summed E-state index contributed by atoms with van der Waals surface area (Å²) in [5.41, 5.74) is 3.56. The predicted octanol–water partition coefficient (Wildman–Crippen LogP) is 2.73. The summed E-state index contributed by atoms with van der Waals surface area (Å²) in [5.74, 6) is 1.05. The van der Waals surface area contributed by atoms with E-state index >= 15 is 0 Å². The third kappa shape index (κ3) is 4.00. The molecule has 0 unspecified atom stereocenters. The number of aliphatic hydroxyl groups excluding tert-OH is 1. The van der Waals surface area contributed by atoms with Crippen LogP contribution in [0.1, 0.15) is 30.4 Å². The second-order valence-electron chi connectivity index (χ2n) is 7.65. The fraction of sp³-hybridized carbons (Fsp3) is 0.571. The molecule has 1 aromatic carbocycles. The molecule has 2 aliphatic rings. The first kappa shape index (κ1) is 17.7. The normalized spacial score (nSPS) is 22.5. The van der Waals surface area contributed by atoms with Gasteiger partial charge in [0.15, 0.2) is 0 Å². The van der Waals surface area contributed by atoms with E-state index in [1.807, 2.05) is 0 Å². The van der Waals surface area contributed by atoms with Crippen LogP contribution in [0.25, 0.3) is 10.9 Å². The van der Waals surface area contributed by atoms with E-state index in [1.54, 1.807) is 0 Å². The third-order valence-electron chi connectivity index (χ3n) is 5.43. The number of aliphatic hydroxyl groups is 1. The molecule has 0 radical (unpaired) electrons. The Morgan fingerprint density at radius 3 is 2.96 bits per heavy atom. The summed E-state index contributed by atoms with van der Waals surface area (Å²) < 4.78 is 5.61. The van der Waals surface area contributed by atoms with E-state index < -0.39 is 0 Å². The minimum atomic E-state index is -0.251. The Morgan fingerprint density at radius 2 is 2.08 bits per heavy atom. The van der Waals surface area contributed by atoms with Gasteiger partial charge in [0.1, 0.15) is 5.82 Å². The number of hydrogen-bond acceptors (Lipinski definition) is 5. The lowest BCUT2D eigenvalue weighted by Crippen LogP contribution is -2.39. The molecule has 0 spiro atoms. The van der Waals surface area contributed by atoms with Crippen molar-refractivity contribution in [2.75, 3.05) is 44.3 Å². The van der Waals surface area contributed by atoms with Crippen LogP contribution >= 0.6 is 0 Å². The molecule has 2 fully saturated rings. The van der Waals surface area contributed by atoms with Crippen LogP contribution < -0.4 is 4.90 Å². The van der Waals surface area contributed by atoms with Gasteiger partial charge >= 0.3 is 0 Å². The molecule has 140 valence electrons. The number of benzene rings is 1. The van der Waals surface area contributed by atoms with Gasteiger partial charge in [-0.25, -0.2) is 4.98 Å². The number of ether oxygens (including phenoxy) is 1. The SMILES string of the molecule is Cc1ccc2nc(N3CCC[C@H](O)C3)c(CN3CCCOCC3)cc2c1. The van der Waals surface area contributed by atoms with E-state index in [1.165, 1.54) is 16.5 Å². The summed E-state index contributed by atoms with van der Waals surface area (Å²) in [7, 11) is 0. The van der Waals surface area contributed by atoms with E-state index in [0.29, 0.717) is 6.54 Å². The van der Waals surface area contributed by atoms with E-state index in [4.69, 9.17) is 9.72 Å². The van der Waals surface area contributed by atoms with E-state index in [9.17, 15) is 5.11 Å². The van der Waals surface area contributed by atoms with Crippen LogP contribution in [-0.4, -0.2) is 60.5 Å². The van der Waals surface area contributed by atoms with Crippen LogP contribution in [0.5, 0.6) is 0 Å². The molecule has 2 aliphatic heterocycles. The predicted molar refractivity (Wildman–Crippen MR) is 105 cm³/mol. The highest BCUT2D eigenvalue weighted by molar-refractivity contribution is 5.82. The van der Waals surface area contributed by atoms with Crippen molar-refractivity contribution in [1.82, 2.24) is 9.88 Å². The maximum atomic E-state index is 10.1. The second-order valence-corrected chi connectivity index (χ2v) is 7.65. The highest BCUT2D eigenvalue weighted by Gasteiger charge is 2.23. The molecule has 0 saturated carbocycles. The number of fused-ring (bicyclic) bond motifs is 1. The Kier molecular flexibility index (Phi) is 5.38. The van der Waals surface area contributed by atoms with Crippen LogP contribution in [0.4, 0.5) is 5.82 Å². The number of aromatic nitrogens is 1. The van der Waals surface area contributed by atoms with Crippen molar-refractivity contribution in [2.45, 2.75) is 38.8 Å². The molecule has 2 saturated heterocycles. The Morgan fingerprint density at radius 1 is 1.15 bits per heavy atom. The largest absolute Gasteiger partial charge is 0.391 e. The highest BCUT2D eigenvalue weighted by Crippen LogP contribution is 2.28. The van der Waals surface area contributed by atoms with Crippen LogP contribution in [0.3, 0.4) is 0 Å². The van der Waals surface area contributed by atoms with E-state index in [-0.39, 0.29) is 6.10 Å². The first-order chi connectivity index (χ1) is 12.7. The number of aryl methyl sites for hydroxylation is 1. The van der Waals surface area contributed by atoms with Crippen LogP contribution in [0.15, 0.2) is 24.3 Å². The zero-order valence-corrected chi connectivity index (χ0v) is 15.7. The summed E-state index contributed by atoms with van der Waals surface area (Å²) in [4.78, 5) is 9.76. The first-order valence-corrected chi connectivity index (χ1v) is 9.82. The summed E-state index contributed by atoms with van der Waals surface area (Å²) in [5, 5.41) is 11.3. The van der Waals surface area contributed by atoms with Gasteiger partial charge in [0.05, 0.1) is 18.2 Å². The topological polar surface area (TPSA) is 48.8 Å². The summed E-state index contributed by atoms with van der Waals surface area (Å²) >= 11 is 0. The zero-order chi connectivity index (χ0) is 17.9. The minimum absolute atomic E-state index is 0.251. The number of piperidine rings is 1. The van der Waals surface area contributed by atoms with Crippen molar-refractivity contribution in [3.63, 3.8) is 0 Å². The number of pyridine rings is 1. The quantitative estimate of drug-likeness (QED) is 0.917. The van der Waals surface area contributed by atoms with Gasteiger partial charge in [0, 0.05) is 50.3 Å². The van der Waals surface area contributed by atoms with Crippen molar-refractivity contribution in [3.8, 4) is 0 Å². The summed E-state index contributed by atoms with van der Waals surface area (Å²) in [6.07, 6.45) is 2.74. The van der Waals surface area contributed by atoms with Gasteiger partial charge in [-0.2, -0.15) is 0 Å². The van der Waals surface area contributed by atoms with Crippen molar-refractivity contribution < 1.29 is 9.84 Å². The Balaban J connectivity index is 1.70. The Labute approximate surface area is 155 Å². The number of anilines is 1. The Bertz CT molecular complexity index is 756. The van der Waals surface area contributed by atoms with Gasteiger partial charge < -0.3 is 14.7 Å². The molecule has 0 bridgehead atoms. The maximum absolute atomic E-state index is 10.1. The fourth-order valence-electron chi connectivity index (χ4n) is 4.06. The van der Waals surface area contributed by atoms with E-state index in [0.717, 1.165) is 70.0 Å². The monoisotopic (exact) mass is 355 g/mol. The fourth-order valence-corrected chi connectivity index (χ4v) is 4.06. The third-order valence-corrected chi connectivity index (χ3v) is 5.43. The molecule has 4 rings (SSSR count). The minimum Gasteiger partial charge on any atom is -0.391 e. The number of rotatable bonds is 3. The molecule has 3 heterocycles. The van der Waals surface area contributed by atoms with Crippen LogP contribution in [0, 0.1) is 6.92 Å². The van der Waals surface area contributed by atoms with Crippen molar-refractivity contribution in [3.05, 3.63) is 35.4 Å². The standard InChI is InChI=1S/C21H29N3O2/c1-16-5-6-20-17(12-16)13-18(14-23-7-3-10-26-11-9-23)21(22-20)24-8-2-4-19(25)15-24/h5-6,12-13,19,25H,2-4,7-11,14-15H2,1H3/t19-/m0/s1. The van der Waals surface area contributed by atoms with E-state index in [2.05, 4.69) is 41.0 Å². The van der Waals surface area contributed by atoms with Crippen molar-refractivity contribution >= 4 is 16.7 Å². The number of β-amino-alcohol motifs (C(OH)–C–C–N with tert-alkyl or cyclic N) is 1. The van der Waals surface area contributed by atoms with Gasteiger partial charge in [-0.15, -0.1) is 0 Å². The van der Waals surface area contributed by atoms with Crippen molar-refractivity contribution in [1.29, 1.82) is 0 Å². The molecule has 2 aromatic rings. The van der Waals surface area contributed by atoms with Gasteiger partial charge in [-0.05, 0) is 44.4 Å². The molecule has 5 heteroatoms. The summed E-state index contributed by atoms with van der Waals surface area (Å²) in [6, 6.07) is 8.75. The second kappa shape index (κ2) is 7.91.